The molecule has 1 fully saturated rings. The van der Waals surface area contributed by atoms with Crippen molar-refractivity contribution in [1.29, 1.82) is 0 Å². The minimum Gasteiger partial charge on any atom is -0.268 e. The fourth-order valence-corrected chi connectivity index (χ4v) is 1.62. The molecule has 48 valence electrons. The average Bonchev–Trinajstić information content (AvgIpc) is 2.11. The number of nitrogens with zero attached hydrogens (tertiary/aromatic N) is 2. The molecule has 1 aliphatic rings. The summed E-state index contributed by atoms with van der Waals surface area (Å²) in [7, 11) is 0. The fourth-order valence-electron chi connectivity index (χ4n) is 0.873. The van der Waals surface area contributed by atoms with E-state index in [4.69, 9.17) is 0 Å². The van der Waals surface area contributed by atoms with E-state index in [1.54, 1.807) is 0 Å². The Bertz CT molecular complexity index is 179. The quantitative estimate of drug-likeness (QED) is 0.582. The molecule has 0 atom stereocenters. The van der Waals surface area contributed by atoms with Crippen molar-refractivity contribution in [2.75, 3.05) is 11.5 Å². The summed E-state index contributed by atoms with van der Waals surface area (Å²) in [6.45, 7) is 0. The van der Waals surface area contributed by atoms with E-state index in [2.05, 4.69) is 5.10 Å². The minimum absolute atomic E-state index is 0.685. The summed E-state index contributed by atoms with van der Waals surface area (Å²) >= 11 is 1.98. The van der Waals surface area contributed by atoms with E-state index in [1.807, 2.05) is 34.9 Å². The third-order valence-corrected chi connectivity index (χ3v) is 2.76. The van der Waals surface area contributed by atoms with Gasteiger partial charge in [0.2, 0.25) is 0 Å². The summed E-state index contributed by atoms with van der Waals surface area (Å²) in [5, 5.41) is 4.14. The van der Waals surface area contributed by atoms with Crippen molar-refractivity contribution < 1.29 is 0 Å². The molecule has 1 aliphatic heterocycles. The molecule has 0 radical (unpaired) electrons. The van der Waals surface area contributed by atoms with Crippen molar-refractivity contribution in [2.24, 2.45) is 0 Å². The Balaban J connectivity index is 2.14. The highest BCUT2D eigenvalue weighted by Gasteiger charge is 2.19. The summed E-state index contributed by atoms with van der Waals surface area (Å²) in [6.07, 6.45) is 3.87. The van der Waals surface area contributed by atoms with Crippen LogP contribution < -0.4 is 0 Å². The van der Waals surface area contributed by atoms with Gasteiger partial charge in [-0.05, 0) is 6.07 Å². The standard InChI is InChI=1S/C6H8N2S/c1-2-7-8(3-1)6-4-9-5-6/h1-3,6H,4-5H2. The lowest BCUT2D eigenvalue weighted by Gasteiger charge is -2.24. The molecule has 0 bridgehead atoms. The van der Waals surface area contributed by atoms with E-state index < -0.39 is 0 Å². The SMILES string of the molecule is c1cnn(C2CSC2)c1. The molecule has 0 unspecified atom stereocenters. The smallest absolute Gasteiger partial charge is 0.0699 e. The van der Waals surface area contributed by atoms with Gasteiger partial charge in [0.25, 0.3) is 0 Å². The lowest BCUT2D eigenvalue weighted by atomic mass is 10.4. The zero-order valence-electron chi connectivity index (χ0n) is 5.03. The lowest BCUT2D eigenvalue weighted by molar-refractivity contribution is 0.527. The van der Waals surface area contributed by atoms with Gasteiger partial charge in [0.1, 0.15) is 0 Å². The highest BCUT2D eigenvalue weighted by molar-refractivity contribution is 8.00. The van der Waals surface area contributed by atoms with Crippen molar-refractivity contribution >= 4 is 11.8 Å². The van der Waals surface area contributed by atoms with Crippen LogP contribution >= 0.6 is 11.8 Å². The van der Waals surface area contributed by atoms with E-state index in [0.29, 0.717) is 6.04 Å². The Morgan fingerprint density at radius 1 is 1.56 bits per heavy atom. The molecule has 0 N–H and O–H groups in total. The summed E-state index contributed by atoms with van der Waals surface area (Å²) in [6, 6.07) is 2.66. The van der Waals surface area contributed by atoms with Crippen LogP contribution in [0.5, 0.6) is 0 Å². The number of thioether (sulfide) groups is 1. The molecule has 0 saturated carbocycles. The van der Waals surface area contributed by atoms with Crippen molar-refractivity contribution in [3.05, 3.63) is 18.5 Å². The van der Waals surface area contributed by atoms with Gasteiger partial charge in [-0.3, -0.25) is 4.68 Å². The van der Waals surface area contributed by atoms with Gasteiger partial charge in [0.05, 0.1) is 6.04 Å². The first-order valence-electron chi connectivity index (χ1n) is 3.04. The second-order valence-corrected chi connectivity index (χ2v) is 3.25. The van der Waals surface area contributed by atoms with Crippen molar-refractivity contribution in [2.45, 2.75) is 6.04 Å². The molecule has 0 aromatic carbocycles. The van der Waals surface area contributed by atoms with E-state index in [1.165, 1.54) is 11.5 Å². The molecule has 0 spiro atoms. The Kier molecular flexibility index (Phi) is 1.23. The first-order chi connectivity index (χ1) is 4.47. The predicted octanol–water partition coefficient (Wildman–Crippen LogP) is 1.17. The lowest BCUT2D eigenvalue weighted by Crippen LogP contribution is -2.22. The summed E-state index contributed by atoms with van der Waals surface area (Å²) in [4.78, 5) is 0. The molecule has 2 nitrogen and oxygen atoms in total. The van der Waals surface area contributed by atoms with Gasteiger partial charge < -0.3 is 0 Å². The average molecular weight is 140 g/mol. The van der Waals surface area contributed by atoms with Gasteiger partial charge in [-0.2, -0.15) is 16.9 Å². The van der Waals surface area contributed by atoms with Crippen LogP contribution in [0.1, 0.15) is 6.04 Å². The van der Waals surface area contributed by atoms with E-state index in [9.17, 15) is 0 Å². The van der Waals surface area contributed by atoms with Crippen LogP contribution in [0.2, 0.25) is 0 Å². The Labute approximate surface area is 58.3 Å². The van der Waals surface area contributed by atoms with E-state index in [0.717, 1.165) is 0 Å². The highest BCUT2D eigenvalue weighted by Crippen LogP contribution is 2.27. The van der Waals surface area contributed by atoms with Crippen LogP contribution in [0.3, 0.4) is 0 Å². The summed E-state index contributed by atoms with van der Waals surface area (Å²) in [5.41, 5.74) is 0. The third-order valence-electron chi connectivity index (χ3n) is 1.52. The van der Waals surface area contributed by atoms with Gasteiger partial charge in [-0.1, -0.05) is 0 Å². The molecular weight excluding hydrogens is 132 g/mol. The maximum Gasteiger partial charge on any atom is 0.0699 e. The minimum atomic E-state index is 0.685. The monoisotopic (exact) mass is 140 g/mol. The predicted molar refractivity (Wildman–Crippen MR) is 38.6 cm³/mol. The third kappa shape index (κ3) is 0.852. The normalized spacial score (nSPS) is 19.6. The second kappa shape index (κ2) is 2.06. The molecule has 1 aromatic rings. The number of hydrogen-bond acceptors (Lipinski definition) is 2. The zero-order chi connectivity index (χ0) is 6.10. The maximum absolute atomic E-state index is 4.14. The van der Waals surface area contributed by atoms with Gasteiger partial charge in [0.15, 0.2) is 0 Å². The molecule has 2 heterocycles. The second-order valence-electron chi connectivity index (χ2n) is 2.18. The van der Waals surface area contributed by atoms with Gasteiger partial charge >= 0.3 is 0 Å². The molecule has 0 amide bonds. The number of aromatic nitrogens is 2. The van der Waals surface area contributed by atoms with Gasteiger partial charge in [-0.15, -0.1) is 0 Å². The number of rotatable bonds is 1. The van der Waals surface area contributed by atoms with E-state index >= 15 is 0 Å². The van der Waals surface area contributed by atoms with Crippen molar-refractivity contribution in [3.8, 4) is 0 Å². The summed E-state index contributed by atoms with van der Waals surface area (Å²) in [5.74, 6) is 2.48. The van der Waals surface area contributed by atoms with Crippen molar-refractivity contribution in [1.82, 2.24) is 9.78 Å². The topological polar surface area (TPSA) is 17.8 Å². The van der Waals surface area contributed by atoms with Crippen LogP contribution in [0.4, 0.5) is 0 Å². The van der Waals surface area contributed by atoms with Crippen LogP contribution in [0.15, 0.2) is 18.5 Å². The molecule has 1 saturated heterocycles. The number of hydrogen-bond donors (Lipinski definition) is 0. The van der Waals surface area contributed by atoms with Gasteiger partial charge in [0, 0.05) is 23.9 Å². The van der Waals surface area contributed by atoms with Crippen LogP contribution in [-0.2, 0) is 0 Å². The van der Waals surface area contributed by atoms with Crippen LogP contribution in [0, 0.1) is 0 Å². The van der Waals surface area contributed by atoms with Gasteiger partial charge in [-0.25, -0.2) is 0 Å². The summed E-state index contributed by atoms with van der Waals surface area (Å²) < 4.78 is 2.04. The Morgan fingerprint density at radius 3 is 2.89 bits per heavy atom. The van der Waals surface area contributed by atoms with Crippen molar-refractivity contribution in [3.63, 3.8) is 0 Å². The molecule has 9 heavy (non-hydrogen) atoms. The van der Waals surface area contributed by atoms with E-state index in [-0.39, 0.29) is 0 Å². The molecule has 3 heteroatoms. The largest absolute Gasteiger partial charge is 0.268 e. The zero-order valence-corrected chi connectivity index (χ0v) is 5.84. The molecule has 1 aromatic heterocycles. The molecule has 2 rings (SSSR count). The Morgan fingerprint density at radius 2 is 2.44 bits per heavy atom. The maximum atomic E-state index is 4.14. The Hall–Kier alpha value is -0.440. The van der Waals surface area contributed by atoms with Crippen LogP contribution in [-0.4, -0.2) is 21.3 Å². The molecule has 0 aliphatic carbocycles. The first kappa shape index (κ1) is 5.35. The highest BCUT2D eigenvalue weighted by atomic mass is 32.2. The fraction of sp³-hybridized carbons (Fsp3) is 0.500. The molecular formula is C6H8N2S. The van der Waals surface area contributed by atoms with Crippen LogP contribution in [0.25, 0.3) is 0 Å². The first-order valence-corrected chi connectivity index (χ1v) is 4.19.